The molecule has 28 heavy (non-hydrogen) atoms. The number of halogens is 1. The van der Waals surface area contributed by atoms with Crippen LogP contribution in [0.4, 0.5) is 10.2 Å². The molecule has 4 rings (SSSR count). The zero-order valence-corrected chi connectivity index (χ0v) is 15.1. The summed E-state index contributed by atoms with van der Waals surface area (Å²) in [5.41, 5.74) is 1.88. The van der Waals surface area contributed by atoms with Crippen LogP contribution >= 0.6 is 0 Å². The van der Waals surface area contributed by atoms with E-state index in [9.17, 15) is 4.39 Å². The second-order valence-corrected chi connectivity index (χ2v) is 6.09. The summed E-state index contributed by atoms with van der Waals surface area (Å²) in [6.45, 7) is 2.46. The van der Waals surface area contributed by atoms with E-state index in [4.69, 9.17) is 4.74 Å². The first-order chi connectivity index (χ1) is 13.7. The molecule has 1 aromatic carbocycles. The van der Waals surface area contributed by atoms with Gasteiger partial charge in [0.1, 0.15) is 17.4 Å². The maximum Gasteiger partial charge on any atom is 0.219 e. The Morgan fingerprint density at radius 2 is 1.86 bits per heavy atom. The molecule has 0 unspecified atom stereocenters. The molecule has 0 amide bonds. The third kappa shape index (κ3) is 4.29. The molecule has 0 spiro atoms. The van der Waals surface area contributed by atoms with E-state index >= 15 is 0 Å². The van der Waals surface area contributed by atoms with Crippen molar-refractivity contribution >= 4 is 5.82 Å². The summed E-state index contributed by atoms with van der Waals surface area (Å²) < 4.78 is 20.2. The number of hydrogen-bond donors (Lipinski definition) is 1. The SMILES string of the molecule is Cc1ccn(-c2ccc(NCc3ccc(Oc4ccc(F)cc4)nc3)nn2)n1. The van der Waals surface area contributed by atoms with E-state index in [0.29, 0.717) is 29.8 Å². The first-order valence-corrected chi connectivity index (χ1v) is 8.64. The van der Waals surface area contributed by atoms with Crippen molar-refractivity contribution in [3.8, 4) is 17.4 Å². The van der Waals surface area contributed by atoms with Crippen molar-refractivity contribution in [1.82, 2.24) is 25.0 Å². The van der Waals surface area contributed by atoms with Gasteiger partial charge in [-0.2, -0.15) is 5.10 Å². The second-order valence-electron chi connectivity index (χ2n) is 6.09. The molecule has 0 saturated carbocycles. The average molecular weight is 376 g/mol. The molecule has 3 heterocycles. The van der Waals surface area contributed by atoms with E-state index < -0.39 is 0 Å². The number of benzene rings is 1. The summed E-state index contributed by atoms with van der Waals surface area (Å²) in [6, 6.07) is 15.0. The lowest BCUT2D eigenvalue weighted by Crippen LogP contribution is -2.05. The number of rotatable bonds is 6. The molecular weight excluding hydrogens is 359 g/mol. The summed E-state index contributed by atoms with van der Waals surface area (Å²) in [4.78, 5) is 4.26. The largest absolute Gasteiger partial charge is 0.439 e. The fraction of sp³-hybridized carbons (Fsp3) is 0.100. The Hall–Kier alpha value is -3.81. The molecule has 0 saturated heterocycles. The molecule has 140 valence electrons. The van der Waals surface area contributed by atoms with Crippen LogP contribution in [0.5, 0.6) is 11.6 Å². The molecule has 0 aliphatic carbocycles. The predicted molar refractivity (Wildman–Crippen MR) is 102 cm³/mol. The number of hydrogen-bond acceptors (Lipinski definition) is 6. The highest BCUT2D eigenvalue weighted by atomic mass is 19.1. The molecule has 8 heteroatoms. The van der Waals surface area contributed by atoms with Crippen molar-refractivity contribution in [2.24, 2.45) is 0 Å². The fourth-order valence-corrected chi connectivity index (χ4v) is 2.48. The molecule has 0 aliphatic heterocycles. The quantitative estimate of drug-likeness (QED) is 0.550. The first-order valence-electron chi connectivity index (χ1n) is 8.64. The minimum atomic E-state index is -0.308. The summed E-state index contributed by atoms with van der Waals surface area (Å²) in [6.07, 6.45) is 3.55. The van der Waals surface area contributed by atoms with Crippen molar-refractivity contribution < 1.29 is 9.13 Å². The number of nitrogens with zero attached hydrogens (tertiary/aromatic N) is 5. The zero-order chi connectivity index (χ0) is 19.3. The highest BCUT2D eigenvalue weighted by Gasteiger charge is 2.03. The Balaban J connectivity index is 1.34. The average Bonchev–Trinajstić information content (AvgIpc) is 3.16. The molecule has 7 nitrogen and oxygen atoms in total. The van der Waals surface area contributed by atoms with E-state index in [1.54, 1.807) is 29.1 Å². The number of aromatic nitrogens is 5. The number of nitrogens with one attached hydrogen (secondary N) is 1. The van der Waals surface area contributed by atoms with Gasteiger partial charge in [-0.25, -0.2) is 14.1 Å². The summed E-state index contributed by atoms with van der Waals surface area (Å²) in [7, 11) is 0. The van der Waals surface area contributed by atoms with Crippen molar-refractivity contribution in [2.75, 3.05) is 5.32 Å². The van der Waals surface area contributed by atoms with Crippen LogP contribution in [-0.2, 0) is 6.54 Å². The van der Waals surface area contributed by atoms with Gasteiger partial charge in [0.2, 0.25) is 5.88 Å². The lowest BCUT2D eigenvalue weighted by atomic mass is 10.3. The van der Waals surface area contributed by atoms with Crippen molar-refractivity contribution in [1.29, 1.82) is 0 Å². The van der Waals surface area contributed by atoms with E-state index in [1.165, 1.54) is 12.1 Å². The Labute approximate surface area is 160 Å². The second kappa shape index (κ2) is 7.83. The van der Waals surface area contributed by atoms with Crippen molar-refractivity contribution in [3.63, 3.8) is 0 Å². The monoisotopic (exact) mass is 376 g/mol. The van der Waals surface area contributed by atoms with Crippen LogP contribution in [-0.4, -0.2) is 25.0 Å². The third-order valence-corrected chi connectivity index (χ3v) is 3.91. The maximum absolute atomic E-state index is 12.9. The molecule has 0 fully saturated rings. The zero-order valence-electron chi connectivity index (χ0n) is 15.1. The van der Waals surface area contributed by atoms with E-state index in [0.717, 1.165) is 11.3 Å². The van der Waals surface area contributed by atoms with Gasteiger partial charge in [0, 0.05) is 25.0 Å². The summed E-state index contributed by atoms with van der Waals surface area (Å²) >= 11 is 0. The topological polar surface area (TPSA) is 77.8 Å². The van der Waals surface area contributed by atoms with Crippen LogP contribution in [0.2, 0.25) is 0 Å². The first kappa shape index (κ1) is 17.6. The molecule has 0 aliphatic rings. The summed E-state index contributed by atoms with van der Waals surface area (Å²) in [5, 5.41) is 15.8. The maximum atomic E-state index is 12.9. The molecule has 0 bridgehead atoms. The van der Waals surface area contributed by atoms with Gasteiger partial charge in [0.15, 0.2) is 5.82 Å². The van der Waals surface area contributed by atoms with Gasteiger partial charge in [0.25, 0.3) is 0 Å². The highest BCUT2D eigenvalue weighted by molar-refractivity contribution is 5.37. The lowest BCUT2D eigenvalue weighted by molar-refractivity contribution is 0.461. The lowest BCUT2D eigenvalue weighted by Gasteiger charge is -2.07. The Bertz CT molecular complexity index is 1050. The molecule has 0 radical (unpaired) electrons. The van der Waals surface area contributed by atoms with E-state index in [-0.39, 0.29) is 5.82 Å². The minimum Gasteiger partial charge on any atom is -0.439 e. The number of anilines is 1. The van der Waals surface area contributed by atoms with Crippen molar-refractivity contribution in [2.45, 2.75) is 13.5 Å². The van der Waals surface area contributed by atoms with Gasteiger partial charge < -0.3 is 10.1 Å². The number of pyridine rings is 1. The van der Waals surface area contributed by atoms with Crippen LogP contribution in [0.1, 0.15) is 11.3 Å². The molecule has 1 N–H and O–H groups in total. The van der Waals surface area contributed by atoms with Gasteiger partial charge >= 0.3 is 0 Å². The summed E-state index contributed by atoms with van der Waals surface area (Å²) in [5.74, 6) is 1.97. The van der Waals surface area contributed by atoms with Crippen LogP contribution in [0.15, 0.2) is 67.0 Å². The molecule has 0 atom stereocenters. The Morgan fingerprint density at radius 3 is 2.50 bits per heavy atom. The van der Waals surface area contributed by atoms with Gasteiger partial charge in [-0.1, -0.05) is 6.07 Å². The predicted octanol–water partition coefficient (Wildman–Crippen LogP) is 3.91. The van der Waals surface area contributed by atoms with Crippen LogP contribution in [0, 0.1) is 12.7 Å². The molecule has 3 aromatic heterocycles. The third-order valence-electron chi connectivity index (χ3n) is 3.91. The number of ether oxygens (including phenoxy) is 1. The van der Waals surface area contributed by atoms with E-state index in [2.05, 4.69) is 25.6 Å². The fourth-order valence-electron chi connectivity index (χ4n) is 2.48. The molecule has 4 aromatic rings. The van der Waals surface area contributed by atoms with Gasteiger partial charge in [-0.05, 0) is 55.0 Å². The Morgan fingerprint density at radius 1 is 1.00 bits per heavy atom. The number of aryl methyl sites for hydroxylation is 1. The smallest absolute Gasteiger partial charge is 0.219 e. The normalized spacial score (nSPS) is 10.6. The highest BCUT2D eigenvalue weighted by Crippen LogP contribution is 2.19. The van der Waals surface area contributed by atoms with Gasteiger partial charge in [-0.15, -0.1) is 10.2 Å². The van der Waals surface area contributed by atoms with Crippen LogP contribution in [0.25, 0.3) is 5.82 Å². The van der Waals surface area contributed by atoms with E-state index in [1.807, 2.05) is 37.4 Å². The van der Waals surface area contributed by atoms with Gasteiger partial charge in [0.05, 0.1) is 5.69 Å². The molecular formula is C20H17FN6O. The van der Waals surface area contributed by atoms with Crippen molar-refractivity contribution in [3.05, 3.63) is 84.1 Å². The minimum absolute atomic E-state index is 0.308. The van der Waals surface area contributed by atoms with Crippen LogP contribution in [0.3, 0.4) is 0 Å². The Kier molecular flexibility index (Phi) is 4.92. The van der Waals surface area contributed by atoms with Crippen LogP contribution < -0.4 is 10.1 Å². The standard InChI is InChI=1S/C20H17FN6O/c1-14-10-11-27(26-14)19-8-7-18(24-25-19)22-12-15-2-9-20(23-13-15)28-17-5-3-16(21)4-6-17/h2-11,13H,12H2,1H3,(H,22,24). The van der Waals surface area contributed by atoms with Gasteiger partial charge in [-0.3, -0.25) is 0 Å².